The topological polar surface area (TPSA) is 190 Å². The second-order valence-electron chi connectivity index (χ2n) is 10.7. The molecule has 0 aliphatic heterocycles. The van der Waals surface area contributed by atoms with E-state index in [0.29, 0.717) is 16.8 Å². The molecule has 1 fully saturated rings. The number of carbonyl (C=O) groups excluding carboxylic acids is 4. The summed E-state index contributed by atoms with van der Waals surface area (Å²) >= 11 is 0. The van der Waals surface area contributed by atoms with Gasteiger partial charge >= 0.3 is 0 Å². The molecular weight excluding hydrogens is 518 g/mol. The summed E-state index contributed by atoms with van der Waals surface area (Å²) < 4.78 is 0. The number of carbonyl (C=O) groups is 4. The molecule has 40 heavy (non-hydrogen) atoms. The molecule has 0 saturated heterocycles. The molecule has 3 aliphatic carbocycles. The number of nitrogens with one attached hydrogen (secondary N) is 1. The summed E-state index contributed by atoms with van der Waals surface area (Å²) in [7, 11) is 3.10. The summed E-state index contributed by atoms with van der Waals surface area (Å²) in [6, 6.07) is 8.88. The van der Waals surface area contributed by atoms with Crippen molar-refractivity contribution in [2.75, 3.05) is 19.4 Å². The van der Waals surface area contributed by atoms with Gasteiger partial charge in [0, 0.05) is 24.1 Å². The number of hydrogen-bond acceptors (Lipinski definition) is 9. The Balaban J connectivity index is 1.68. The minimum absolute atomic E-state index is 0.00231. The lowest BCUT2D eigenvalue weighted by Gasteiger charge is -2.50. The van der Waals surface area contributed by atoms with Crippen LogP contribution in [0.1, 0.15) is 24.5 Å². The highest BCUT2D eigenvalue weighted by atomic mass is 16.3. The molecule has 2 aromatic carbocycles. The molecule has 0 spiro atoms. The highest BCUT2D eigenvalue weighted by Crippen LogP contribution is 2.53. The van der Waals surface area contributed by atoms with Crippen molar-refractivity contribution in [2.24, 2.45) is 17.6 Å². The van der Waals surface area contributed by atoms with Crippen molar-refractivity contribution in [1.29, 1.82) is 0 Å². The number of benzene rings is 2. The number of phenols is 1. The second kappa shape index (κ2) is 9.32. The highest BCUT2D eigenvalue weighted by Gasteiger charge is 2.64. The maximum atomic E-state index is 13.9. The number of Topliss-reactive ketones (excluding diaryl/α,β-unsaturated/α-hetero) is 2. The fourth-order valence-corrected chi connectivity index (χ4v) is 6.45. The van der Waals surface area contributed by atoms with Gasteiger partial charge in [-0.2, -0.15) is 0 Å². The smallest absolute Gasteiger partial charge is 0.255 e. The number of aliphatic hydroxyl groups is 3. The van der Waals surface area contributed by atoms with Crippen LogP contribution in [0.5, 0.6) is 5.75 Å². The Morgan fingerprint density at radius 1 is 1.05 bits per heavy atom. The van der Waals surface area contributed by atoms with Gasteiger partial charge in [0.15, 0.2) is 11.4 Å². The predicted molar refractivity (Wildman–Crippen MR) is 144 cm³/mol. The van der Waals surface area contributed by atoms with Crippen molar-refractivity contribution in [3.63, 3.8) is 0 Å². The van der Waals surface area contributed by atoms with Gasteiger partial charge in [-0.1, -0.05) is 18.2 Å². The van der Waals surface area contributed by atoms with Crippen molar-refractivity contribution in [3.05, 3.63) is 64.4 Å². The van der Waals surface area contributed by atoms with E-state index < -0.39 is 58.0 Å². The molecule has 0 radical (unpaired) electrons. The standard InChI is InChI=1S/C29H29N3O8/c1-12(33)31-15-6-4-13(5-7-15)16-8-9-19(34)21-17(16)10-14-11-18-23(32(2)3)25(36)22(28(30)39)27(38)29(18,40)26(37)20(14)24(21)35/h4-9,14,18,23,34-35,38,40H,10-11H2,1-3H3,(H2,30,39)(H,31,33)/t14-,18-,23-,29-/m0/s1. The molecule has 11 nitrogen and oxygen atoms in total. The summed E-state index contributed by atoms with van der Waals surface area (Å²) in [4.78, 5) is 52.1. The fourth-order valence-electron chi connectivity index (χ4n) is 6.45. The van der Waals surface area contributed by atoms with Crippen molar-refractivity contribution < 1.29 is 39.6 Å². The summed E-state index contributed by atoms with van der Waals surface area (Å²) in [6.45, 7) is 1.40. The van der Waals surface area contributed by atoms with Gasteiger partial charge < -0.3 is 31.5 Å². The Morgan fingerprint density at radius 3 is 2.27 bits per heavy atom. The number of aromatic hydroxyl groups is 1. The number of nitrogens with two attached hydrogens (primary N) is 1. The Bertz CT molecular complexity index is 1560. The van der Waals surface area contributed by atoms with Crippen LogP contribution in [0.4, 0.5) is 5.69 Å². The third-order valence-corrected chi connectivity index (χ3v) is 8.12. The molecule has 0 bridgehead atoms. The Kier molecular flexibility index (Phi) is 6.31. The van der Waals surface area contributed by atoms with E-state index in [-0.39, 0.29) is 35.6 Å². The van der Waals surface area contributed by atoms with Crippen LogP contribution in [-0.2, 0) is 25.6 Å². The van der Waals surface area contributed by atoms with Crippen LogP contribution in [0.25, 0.3) is 16.9 Å². The van der Waals surface area contributed by atoms with E-state index in [2.05, 4.69) is 5.32 Å². The van der Waals surface area contributed by atoms with E-state index in [0.717, 1.165) is 5.56 Å². The lowest BCUT2D eigenvalue weighted by molar-refractivity contribution is -0.153. The molecule has 1 saturated carbocycles. The van der Waals surface area contributed by atoms with E-state index >= 15 is 0 Å². The van der Waals surface area contributed by atoms with Gasteiger partial charge in [-0.3, -0.25) is 24.1 Å². The SMILES string of the molecule is CC(=O)Nc1ccc(-c2ccc(O)c3c2C[C@H]2C[C@H]4[C@H](N(C)C)C(=O)C(C(N)=O)=C(O)[C@@]4(O)C(=O)C2=C3O)cc1. The largest absolute Gasteiger partial charge is 0.508 e. The van der Waals surface area contributed by atoms with Crippen LogP contribution >= 0.6 is 0 Å². The fraction of sp³-hybridized carbons (Fsp3) is 0.310. The Morgan fingerprint density at radius 2 is 1.70 bits per heavy atom. The van der Waals surface area contributed by atoms with E-state index in [9.17, 15) is 39.6 Å². The molecule has 2 amide bonds. The van der Waals surface area contributed by atoms with Crippen molar-refractivity contribution >= 4 is 34.8 Å². The maximum Gasteiger partial charge on any atom is 0.255 e. The summed E-state index contributed by atoms with van der Waals surface area (Å²) in [6.07, 6.45) is 0.175. The molecule has 5 rings (SSSR count). The average Bonchev–Trinajstić information content (AvgIpc) is 2.86. The monoisotopic (exact) mass is 547 g/mol. The Labute approximate surface area is 229 Å². The molecule has 3 aliphatic rings. The lowest BCUT2D eigenvalue weighted by Crippen LogP contribution is -2.65. The number of ketones is 2. The zero-order valence-electron chi connectivity index (χ0n) is 22.1. The van der Waals surface area contributed by atoms with Crippen LogP contribution in [0.3, 0.4) is 0 Å². The molecule has 0 heterocycles. The van der Waals surface area contributed by atoms with Gasteiger partial charge in [-0.25, -0.2) is 0 Å². The number of fused-ring (bicyclic) bond motifs is 3. The first kappa shape index (κ1) is 27.1. The van der Waals surface area contributed by atoms with Gasteiger partial charge in [0.1, 0.15) is 22.8 Å². The van der Waals surface area contributed by atoms with Crippen LogP contribution in [0.2, 0.25) is 0 Å². The zero-order valence-corrected chi connectivity index (χ0v) is 22.1. The quantitative estimate of drug-likeness (QED) is 0.309. The average molecular weight is 548 g/mol. The first-order valence-electron chi connectivity index (χ1n) is 12.7. The molecule has 0 aromatic heterocycles. The van der Waals surface area contributed by atoms with E-state index in [1.54, 1.807) is 44.4 Å². The summed E-state index contributed by atoms with van der Waals surface area (Å²) in [5.41, 5.74) is 4.16. The highest BCUT2D eigenvalue weighted by molar-refractivity contribution is 6.24. The number of phenolic OH excluding ortho intramolecular Hbond substituents is 1. The third-order valence-electron chi connectivity index (χ3n) is 8.12. The molecule has 11 heteroatoms. The zero-order chi connectivity index (χ0) is 29.3. The normalized spacial score (nSPS) is 25.9. The predicted octanol–water partition coefficient (Wildman–Crippen LogP) is 1.59. The number of nitrogens with zero attached hydrogens (tertiary/aromatic N) is 1. The van der Waals surface area contributed by atoms with Gasteiger partial charge in [0.25, 0.3) is 5.91 Å². The number of anilines is 1. The Hall–Kier alpha value is -4.48. The molecular formula is C29H29N3O8. The molecule has 4 atom stereocenters. The first-order chi connectivity index (χ1) is 18.8. The maximum absolute atomic E-state index is 13.9. The number of amides is 2. The third kappa shape index (κ3) is 3.81. The van der Waals surface area contributed by atoms with Gasteiger partial charge in [-0.15, -0.1) is 0 Å². The van der Waals surface area contributed by atoms with Gasteiger partial charge in [0.2, 0.25) is 11.7 Å². The van der Waals surface area contributed by atoms with Crippen LogP contribution < -0.4 is 11.1 Å². The second-order valence-corrected chi connectivity index (χ2v) is 10.7. The van der Waals surface area contributed by atoms with Crippen molar-refractivity contribution in [1.82, 2.24) is 4.90 Å². The van der Waals surface area contributed by atoms with Gasteiger partial charge in [-0.05, 0) is 67.7 Å². The molecule has 7 N–H and O–H groups in total. The molecule has 2 aromatic rings. The van der Waals surface area contributed by atoms with Gasteiger partial charge in [0.05, 0.1) is 11.6 Å². The summed E-state index contributed by atoms with van der Waals surface area (Å²) in [5, 5.41) is 47.4. The first-order valence-corrected chi connectivity index (χ1v) is 12.7. The van der Waals surface area contributed by atoms with E-state index in [4.69, 9.17) is 5.73 Å². The van der Waals surface area contributed by atoms with E-state index in [1.165, 1.54) is 17.9 Å². The molecule has 0 unspecified atom stereocenters. The van der Waals surface area contributed by atoms with Crippen molar-refractivity contribution in [2.45, 2.75) is 31.4 Å². The van der Waals surface area contributed by atoms with E-state index in [1.807, 2.05) is 0 Å². The molecule has 208 valence electrons. The number of likely N-dealkylation sites (N-methyl/N-ethyl adjacent to an activating group) is 1. The number of hydrogen-bond donors (Lipinski definition) is 6. The van der Waals surface area contributed by atoms with Crippen LogP contribution in [0, 0.1) is 11.8 Å². The minimum Gasteiger partial charge on any atom is -0.508 e. The van der Waals surface area contributed by atoms with Crippen LogP contribution in [0.15, 0.2) is 53.3 Å². The number of primary amides is 1. The number of aliphatic hydroxyl groups excluding tert-OH is 2. The summed E-state index contributed by atoms with van der Waals surface area (Å²) in [5.74, 6) is -7.16. The van der Waals surface area contributed by atoms with Crippen molar-refractivity contribution in [3.8, 4) is 16.9 Å². The van der Waals surface area contributed by atoms with Crippen LogP contribution in [-0.4, -0.2) is 74.4 Å². The lowest BCUT2D eigenvalue weighted by atomic mass is 9.57. The minimum atomic E-state index is -2.68. The number of rotatable bonds is 4.